The van der Waals surface area contributed by atoms with Gasteiger partial charge in [-0.25, -0.2) is 4.98 Å². The lowest BCUT2D eigenvalue weighted by atomic mass is 10.0. The molecule has 2 unspecified atom stereocenters. The molecule has 3 aromatic rings. The highest BCUT2D eigenvalue weighted by Crippen LogP contribution is 2.38. The molecule has 3 aromatic heterocycles. The van der Waals surface area contributed by atoms with E-state index >= 15 is 0 Å². The molecule has 5 rings (SSSR count). The van der Waals surface area contributed by atoms with Gasteiger partial charge in [0.2, 0.25) is 0 Å². The van der Waals surface area contributed by atoms with Gasteiger partial charge in [0.05, 0.1) is 15.1 Å². The van der Waals surface area contributed by atoms with Crippen LogP contribution >= 0.6 is 34.7 Å². The zero-order valence-corrected chi connectivity index (χ0v) is 20.7. The molecule has 0 radical (unpaired) electrons. The zero-order chi connectivity index (χ0) is 22.8. The lowest BCUT2D eigenvalue weighted by Crippen LogP contribution is -2.13. The van der Waals surface area contributed by atoms with Gasteiger partial charge in [-0.3, -0.25) is 0 Å². The number of anilines is 2. The van der Waals surface area contributed by atoms with Crippen LogP contribution in [0.1, 0.15) is 32.3 Å². The van der Waals surface area contributed by atoms with Crippen LogP contribution in [0.25, 0.3) is 11.5 Å². The number of pyridine rings is 1. The van der Waals surface area contributed by atoms with Crippen LogP contribution in [0.5, 0.6) is 0 Å². The molecule has 33 heavy (non-hydrogen) atoms. The van der Waals surface area contributed by atoms with Crippen LogP contribution in [0.2, 0.25) is 0 Å². The number of halogens is 1. The van der Waals surface area contributed by atoms with Gasteiger partial charge in [-0.15, -0.1) is 39.8 Å². The molecule has 1 fully saturated rings. The highest BCUT2D eigenvalue weighted by atomic mass is 35.5. The quantitative estimate of drug-likeness (QED) is 0.254. The van der Waals surface area contributed by atoms with E-state index < -0.39 is 0 Å². The van der Waals surface area contributed by atoms with E-state index in [9.17, 15) is 0 Å². The molecular formula is C24H24ClN5OS2. The van der Waals surface area contributed by atoms with Gasteiger partial charge in [-0.1, -0.05) is 29.7 Å². The number of nitrogens with one attached hydrogen (secondary N) is 2. The van der Waals surface area contributed by atoms with Crippen LogP contribution < -0.4 is 10.6 Å². The maximum absolute atomic E-state index is 6.22. The van der Waals surface area contributed by atoms with Crippen molar-refractivity contribution in [1.29, 1.82) is 0 Å². The molecule has 2 atom stereocenters. The van der Waals surface area contributed by atoms with Gasteiger partial charge in [0.1, 0.15) is 5.82 Å². The fourth-order valence-electron chi connectivity index (χ4n) is 3.46. The first-order valence-corrected chi connectivity index (χ1v) is 13.1. The Morgan fingerprint density at radius 2 is 2.18 bits per heavy atom. The summed E-state index contributed by atoms with van der Waals surface area (Å²) in [6.45, 7) is 4.19. The molecule has 0 spiro atoms. The van der Waals surface area contributed by atoms with Crippen molar-refractivity contribution < 1.29 is 4.42 Å². The summed E-state index contributed by atoms with van der Waals surface area (Å²) in [6, 6.07) is 6.56. The minimum atomic E-state index is 0.00526. The van der Waals surface area contributed by atoms with Crippen molar-refractivity contribution >= 4 is 46.5 Å². The fourth-order valence-corrected chi connectivity index (χ4v) is 5.62. The average Bonchev–Trinajstić information content (AvgIpc) is 3.39. The first-order valence-electron chi connectivity index (χ1n) is 10.8. The van der Waals surface area contributed by atoms with Crippen molar-refractivity contribution in [2.75, 3.05) is 10.6 Å². The molecule has 0 saturated heterocycles. The Kier molecular flexibility index (Phi) is 6.57. The first-order chi connectivity index (χ1) is 16.0. The molecule has 2 aliphatic carbocycles. The standard InChI is InChI=1S/C24H24ClN5OS2/c1-14-11-18(5-6-20(14)25)28-24-30-29-22(31-24)19-8-10-32-23(19)33-13-16-7-9-26-21(12-16)27-15(2)17-3-4-17/h5-12,14,20H,3-4,13H2,1-2H3,(H,26,27)(H,28,30). The molecule has 0 aliphatic heterocycles. The van der Waals surface area contributed by atoms with Gasteiger partial charge < -0.3 is 15.1 Å². The van der Waals surface area contributed by atoms with Crippen LogP contribution in [0.4, 0.5) is 11.8 Å². The molecule has 2 N–H and O–H groups in total. The van der Waals surface area contributed by atoms with E-state index in [1.54, 1.807) is 23.1 Å². The molecule has 1 saturated carbocycles. The van der Waals surface area contributed by atoms with Crippen molar-refractivity contribution in [3.05, 3.63) is 70.5 Å². The van der Waals surface area contributed by atoms with E-state index in [2.05, 4.69) is 57.9 Å². The summed E-state index contributed by atoms with van der Waals surface area (Å²) in [5.74, 6) is 2.47. The largest absolute Gasteiger partial charge is 0.403 e. The summed E-state index contributed by atoms with van der Waals surface area (Å²) < 4.78 is 7.05. The van der Waals surface area contributed by atoms with Gasteiger partial charge in [0.25, 0.3) is 5.89 Å². The van der Waals surface area contributed by atoms with E-state index in [-0.39, 0.29) is 11.3 Å². The van der Waals surface area contributed by atoms with E-state index in [0.29, 0.717) is 11.9 Å². The van der Waals surface area contributed by atoms with Crippen LogP contribution in [-0.4, -0.2) is 20.6 Å². The fraction of sp³-hybridized carbons (Fsp3) is 0.292. The monoisotopic (exact) mass is 497 g/mol. The van der Waals surface area contributed by atoms with E-state index in [0.717, 1.165) is 27.0 Å². The number of alkyl halides is 1. The predicted octanol–water partition coefficient (Wildman–Crippen LogP) is 7.07. The topological polar surface area (TPSA) is 75.9 Å². The SMILES string of the molecule is CC(Nc1cc(CSc2sccc2-c2nnc(NC3=CC(C)C(Cl)C=C3)o2)ccn1)=C1CC1. The van der Waals surface area contributed by atoms with Gasteiger partial charge in [-0.05, 0) is 60.9 Å². The number of allylic oxidation sites excluding steroid dienone is 5. The summed E-state index contributed by atoms with van der Waals surface area (Å²) in [5, 5.41) is 17.1. The molecular weight excluding hydrogens is 474 g/mol. The second kappa shape index (κ2) is 9.75. The zero-order valence-electron chi connectivity index (χ0n) is 18.3. The lowest BCUT2D eigenvalue weighted by molar-refractivity contribution is 0.584. The Hall–Kier alpha value is -2.55. The lowest BCUT2D eigenvalue weighted by Gasteiger charge is -2.16. The summed E-state index contributed by atoms with van der Waals surface area (Å²) in [7, 11) is 0. The summed E-state index contributed by atoms with van der Waals surface area (Å²) >= 11 is 9.66. The first kappa shape index (κ1) is 22.3. The summed E-state index contributed by atoms with van der Waals surface area (Å²) in [4.78, 5) is 4.45. The molecule has 6 nitrogen and oxygen atoms in total. The van der Waals surface area contributed by atoms with Crippen molar-refractivity contribution in [2.45, 2.75) is 42.0 Å². The number of nitrogens with zero attached hydrogens (tertiary/aromatic N) is 3. The van der Waals surface area contributed by atoms with Gasteiger partial charge in [-0.2, -0.15) is 0 Å². The highest BCUT2D eigenvalue weighted by molar-refractivity contribution is 8.00. The number of thioether (sulfide) groups is 1. The molecule has 3 heterocycles. The second-order valence-electron chi connectivity index (χ2n) is 8.14. The Morgan fingerprint density at radius 1 is 1.30 bits per heavy atom. The van der Waals surface area contributed by atoms with E-state index in [1.807, 2.05) is 29.8 Å². The smallest absolute Gasteiger partial charge is 0.320 e. The van der Waals surface area contributed by atoms with E-state index in [4.69, 9.17) is 16.0 Å². The molecule has 0 aromatic carbocycles. The van der Waals surface area contributed by atoms with Crippen LogP contribution in [0, 0.1) is 5.92 Å². The van der Waals surface area contributed by atoms with Crippen LogP contribution in [-0.2, 0) is 5.75 Å². The second-order valence-corrected chi connectivity index (χ2v) is 10.8. The van der Waals surface area contributed by atoms with Crippen LogP contribution in [0.15, 0.2) is 73.6 Å². The maximum atomic E-state index is 6.22. The predicted molar refractivity (Wildman–Crippen MR) is 137 cm³/mol. The number of rotatable bonds is 8. The molecule has 9 heteroatoms. The molecule has 2 aliphatic rings. The van der Waals surface area contributed by atoms with Crippen LogP contribution in [0.3, 0.4) is 0 Å². The molecule has 0 amide bonds. The molecule has 0 bridgehead atoms. The van der Waals surface area contributed by atoms with E-state index in [1.165, 1.54) is 29.7 Å². The third kappa shape index (κ3) is 5.51. The van der Waals surface area contributed by atoms with Crippen molar-refractivity contribution in [3.8, 4) is 11.5 Å². The number of hydrogen-bond acceptors (Lipinski definition) is 8. The third-order valence-corrected chi connectivity index (χ3v) is 8.33. The Labute approximate surface area is 206 Å². The Balaban J connectivity index is 1.24. The average molecular weight is 498 g/mol. The van der Waals surface area contributed by atoms with Crippen molar-refractivity contribution in [2.24, 2.45) is 5.92 Å². The number of hydrogen-bond donors (Lipinski definition) is 2. The minimum absolute atomic E-state index is 0.00526. The number of aromatic nitrogens is 3. The normalized spacial score (nSPS) is 19.4. The summed E-state index contributed by atoms with van der Waals surface area (Å²) in [5.41, 5.74) is 5.78. The minimum Gasteiger partial charge on any atom is -0.403 e. The number of thiophene rings is 1. The molecule has 170 valence electrons. The summed E-state index contributed by atoms with van der Waals surface area (Å²) in [6.07, 6.45) is 10.2. The highest BCUT2D eigenvalue weighted by Gasteiger charge is 2.18. The van der Waals surface area contributed by atoms with Crippen molar-refractivity contribution in [1.82, 2.24) is 15.2 Å². The maximum Gasteiger partial charge on any atom is 0.320 e. The van der Waals surface area contributed by atoms with Gasteiger partial charge in [0, 0.05) is 23.3 Å². The van der Waals surface area contributed by atoms with Gasteiger partial charge in [0.15, 0.2) is 0 Å². The van der Waals surface area contributed by atoms with Crippen molar-refractivity contribution in [3.63, 3.8) is 0 Å². The Bertz CT molecular complexity index is 1240. The van der Waals surface area contributed by atoms with Gasteiger partial charge >= 0.3 is 6.01 Å². The Morgan fingerprint density at radius 3 is 3.00 bits per heavy atom. The third-order valence-electron chi connectivity index (χ3n) is 5.48.